The van der Waals surface area contributed by atoms with Crippen molar-refractivity contribution in [2.45, 2.75) is 63.6 Å². The number of rotatable bonds is 5. The SMILES string of the molecule is Cc1cc(-c2[c-]cccc2)ncc1[Si](C)(C)C.[2H]C(C)(C)c1ccnc(-c2[c-]ccc3c2sc2[c]([Ge]([CH3])([CH3])[CH3])cccc23)c1.[Ir]. The Labute approximate surface area is 286 Å². The van der Waals surface area contributed by atoms with Crippen molar-refractivity contribution < 1.29 is 21.5 Å². The van der Waals surface area contributed by atoms with Crippen LogP contribution in [0.4, 0.5) is 0 Å². The summed E-state index contributed by atoms with van der Waals surface area (Å²) in [7, 11) is -1.27. The zero-order chi connectivity index (χ0) is 31.9. The largest absolute Gasteiger partial charge is 0 e. The van der Waals surface area contributed by atoms with Crippen molar-refractivity contribution in [3.8, 4) is 22.5 Å². The van der Waals surface area contributed by atoms with Crippen molar-refractivity contribution in [3.05, 3.63) is 108 Å². The second kappa shape index (κ2) is 13.9. The van der Waals surface area contributed by atoms with Crippen LogP contribution in [0.5, 0.6) is 0 Å². The van der Waals surface area contributed by atoms with Gasteiger partial charge in [0, 0.05) is 26.3 Å². The summed E-state index contributed by atoms with van der Waals surface area (Å²) < 4.78 is 12.6. The van der Waals surface area contributed by atoms with Crippen LogP contribution in [-0.4, -0.2) is 31.3 Å². The van der Waals surface area contributed by atoms with Gasteiger partial charge >= 0.3 is 164 Å². The van der Waals surface area contributed by atoms with Crippen LogP contribution in [0.1, 0.15) is 32.2 Å². The molecule has 0 saturated carbocycles. The van der Waals surface area contributed by atoms with Crippen LogP contribution >= 0.6 is 11.3 Å². The number of nitrogens with zero attached hydrogens (tertiary/aromatic N) is 2. The van der Waals surface area contributed by atoms with E-state index in [-0.39, 0.29) is 20.1 Å². The minimum atomic E-state index is -1.97. The molecule has 3 aromatic carbocycles. The van der Waals surface area contributed by atoms with Gasteiger partial charge in [-0.3, -0.25) is 0 Å². The zero-order valence-corrected chi connectivity index (χ0v) is 33.5. The van der Waals surface area contributed by atoms with Crippen molar-refractivity contribution >= 4 is 62.4 Å². The van der Waals surface area contributed by atoms with Crippen molar-refractivity contribution in [2.75, 3.05) is 0 Å². The van der Waals surface area contributed by atoms with Crippen molar-refractivity contribution in [3.63, 3.8) is 0 Å². The smallest absolute Gasteiger partial charge is 0 e. The van der Waals surface area contributed by atoms with Gasteiger partial charge in [0.05, 0.1) is 8.07 Å². The maximum atomic E-state index is 8.35. The Balaban J connectivity index is 0.000000222. The summed E-state index contributed by atoms with van der Waals surface area (Å²) in [5.74, 6) is 6.72. The van der Waals surface area contributed by atoms with Crippen LogP contribution < -0.4 is 9.58 Å². The molecule has 0 spiro atoms. The van der Waals surface area contributed by atoms with E-state index in [1.165, 1.54) is 30.9 Å². The Morgan fingerprint density at radius 3 is 2.23 bits per heavy atom. The first-order chi connectivity index (χ1) is 20.6. The third-order valence-electron chi connectivity index (χ3n) is 7.76. The number of aryl methyl sites for hydroxylation is 1. The molecule has 0 bridgehead atoms. The quantitative estimate of drug-likeness (QED) is 0.128. The number of hydrogen-bond acceptors (Lipinski definition) is 3. The van der Waals surface area contributed by atoms with Gasteiger partial charge in [0.15, 0.2) is 0 Å². The van der Waals surface area contributed by atoms with Crippen LogP contribution in [0.25, 0.3) is 42.7 Å². The molecule has 0 N–H and O–H groups in total. The number of thiophene rings is 1. The molecule has 0 atom stereocenters. The van der Waals surface area contributed by atoms with Gasteiger partial charge in [0.2, 0.25) is 0 Å². The van der Waals surface area contributed by atoms with Crippen LogP contribution in [0, 0.1) is 19.1 Å². The molecule has 0 saturated heterocycles. The van der Waals surface area contributed by atoms with Gasteiger partial charge < -0.3 is 4.98 Å². The molecule has 1 radical (unpaired) electrons. The van der Waals surface area contributed by atoms with Gasteiger partial charge in [0.25, 0.3) is 0 Å². The molecule has 0 amide bonds. The first kappa shape index (κ1) is 33.0. The molecular formula is C38H42GeIrN2SSi-2. The van der Waals surface area contributed by atoms with E-state index in [4.69, 9.17) is 1.37 Å². The fourth-order valence-electron chi connectivity index (χ4n) is 5.46. The Hall–Kier alpha value is -2.41. The summed E-state index contributed by atoms with van der Waals surface area (Å²) in [5, 5.41) is 4.08. The normalized spacial score (nSPS) is 12.3. The molecule has 3 aromatic heterocycles. The summed E-state index contributed by atoms with van der Waals surface area (Å²) in [6, 6.07) is 31.7. The summed E-state index contributed by atoms with van der Waals surface area (Å²) in [6.45, 7) is 13.1. The summed E-state index contributed by atoms with van der Waals surface area (Å²) in [4.78, 5) is 9.20. The van der Waals surface area contributed by atoms with Gasteiger partial charge in [-0.2, -0.15) is 0 Å². The Morgan fingerprint density at radius 1 is 0.841 bits per heavy atom. The predicted octanol–water partition coefficient (Wildman–Crippen LogP) is 9.99. The van der Waals surface area contributed by atoms with Gasteiger partial charge in [-0.25, -0.2) is 0 Å². The molecular weight excluding hydrogens is 809 g/mol. The van der Waals surface area contributed by atoms with E-state index >= 15 is 0 Å². The molecule has 6 rings (SSSR count). The number of fused-ring (bicyclic) bond motifs is 3. The molecule has 0 aliphatic carbocycles. The van der Waals surface area contributed by atoms with Gasteiger partial charge in [-0.15, -0.1) is 35.9 Å². The van der Waals surface area contributed by atoms with Crippen LogP contribution in [0.15, 0.2) is 85.2 Å². The molecule has 2 nitrogen and oxygen atoms in total. The maximum absolute atomic E-state index is 8.35. The second-order valence-corrected chi connectivity index (χ2v) is 30.1. The molecule has 0 fully saturated rings. The van der Waals surface area contributed by atoms with E-state index in [9.17, 15) is 0 Å². The van der Waals surface area contributed by atoms with E-state index in [0.29, 0.717) is 0 Å². The molecule has 0 aliphatic rings. The molecule has 3 heterocycles. The van der Waals surface area contributed by atoms with E-state index in [1.54, 1.807) is 4.40 Å². The first-order valence-corrected chi connectivity index (χ1v) is 26.6. The molecule has 0 unspecified atom stereocenters. The van der Waals surface area contributed by atoms with E-state index in [2.05, 4.69) is 109 Å². The fourth-order valence-corrected chi connectivity index (χ4v) is 13.3. The number of pyridine rings is 2. The molecule has 44 heavy (non-hydrogen) atoms. The first-order valence-electron chi connectivity index (χ1n) is 15.4. The van der Waals surface area contributed by atoms with E-state index in [0.717, 1.165) is 28.1 Å². The van der Waals surface area contributed by atoms with Gasteiger partial charge in [0.1, 0.15) is 0 Å². The Morgan fingerprint density at radius 2 is 1.59 bits per heavy atom. The molecule has 229 valence electrons. The number of aromatic nitrogens is 2. The second-order valence-electron chi connectivity index (χ2n) is 13.5. The Bertz CT molecular complexity index is 1940. The van der Waals surface area contributed by atoms with Crippen LogP contribution in [-0.2, 0) is 20.1 Å². The van der Waals surface area contributed by atoms with Crippen LogP contribution in [0.2, 0.25) is 36.9 Å². The summed E-state index contributed by atoms with van der Waals surface area (Å²) in [6.07, 6.45) is 3.87. The maximum Gasteiger partial charge on any atom is 0 e. The average molecular weight is 853 g/mol. The minimum Gasteiger partial charge on any atom is 0 e. The fraction of sp³-hybridized carbons (Fsp3) is 0.263. The van der Waals surface area contributed by atoms with Gasteiger partial charge in [-0.1, -0.05) is 31.3 Å². The average Bonchev–Trinajstić information content (AvgIpc) is 3.35. The van der Waals surface area contributed by atoms with Crippen molar-refractivity contribution in [1.82, 2.24) is 9.97 Å². The van der Waals surface area contributed by atoms with E-state index in [1.807, 2.05) is 67.8 Å². The summed E-state index contributed by atoms with van der Waals surface area (Å²) in [5.41, 5.74) is 6.37. The monoisotopic (exact) mass is 854 g/mol. The Kier molecular flexibility index (Phi) is 10.4. The summed E-state index contributed by atoms with van der Waals surface area (Å²) >= 11 is -0.0868. The zero-order valence-electron chi connectivity index (χ0n) is 28.2. The number of benzene rings is 3. The third kappa shape index (κ3) is 7.51. The molecule has 6 heteroatoms. The van der Waals surface area contributed by atoms with Crippen LogP contribution in [0.3, 0.4) is 0 Å². The topological polar surface area (TPSA) is 25.8 Å². The minimum absolute atomic E-state index is 0. The third-order valence-corrected chi connectivity index (χ3v) is 15.8. The number of hydrogen-bond donors (Lipinski definition) is 0. The van der Waals surface area contributed by atoms with Crippen molar-refractivity contribution in [1.29, 1.82) is 0 Å². The van der Waals surface area contributed by atoms with Gasteiger partial charge in [-0.05, 0) is 17.8 Å². The molecule has 6 aromatic rings. The van der Waals surface area contributed by atoms with E-state index < -0.39 is 27.2 Å². The predicted molar refractivity (Wildman–Crippen MR) is 195 cm³/mol. The van der Waals surface area contributed by atoms with Crippen molar-refractivity contribution in [2.24, 2.45) is 0 Å². The molecule has 0 aliphatic heterocycles. The standard InChI is InChI=1S/C23H24GeNS.C15H18NSi.Ir/c1-15(2)16-12-13-25-21(14-16)19-10-6-8-17-18-9-7-11-20(24(3,4)5)23(18)26-22(17)19;1-12-10-14(13-8-6-5-7-9-13)16-11-15(12)17(2,3)4;/h6-9,11-15H,1-5H3;5-8,10-11H,1-4H3;/q2*-1;/i15D;;.